The molecule has 0 bridgehead atoms. The van der Waals surface area contributed by atoms with Crippen LogP contribution in [-0.4, -0.2) is 28.4 Å². The van der Waals surface area contributed by atoms with E-state index in [0.29, 0.717) is 28.4 Å². The molecule has 2 aromatic heterocycles. The van der Waals surface area contributed by atoms with Gasteiger partial charge in [-0.2, -0.15) is 4.98 Å². The summed E-state index contributed by atoms with van der Waals surface area (Å²) in [6, 6.07) is 20.9. The van der Waals surface area contributed by atoms with Gasteiger partial charge in [-0.3, -0.25) is 0 Å². The molecule has 0 unspecified atom stereocenters. The van der Waals surface area contributed by atoms with Gasteiger partial charge in [0.2, 0.25) is 16.0 Å². The highest BCUT2D eigenvalue weighted by Gasteiger charge is 2.24. The van der Waals surface area contributed by atoms with Crippen LogP contribution < -0.4 is 5.32 Å². The Hall–Kier alpha value is -3.19. The van der Waals surface area contributed by atoms with E-state index in [1.54, 1.807) is 6.92 Å². The maximum atomic E-state index is 13.4. The van der Waals surface area contributed by atoms with Gasteiger partial charge < -0.3 is 5.32 Å². The number of aryl methyl sites for hydroxylation is 1. The number of hydrogen-bond donors (Lipinski definition) is 1. The minimum Gasteiger partial charge on any atom is -0.352 e. The zero-order valence-corrected chi connectivity index (χ0v) is 18.0. The van der Waals surface area contributed by atoms with E-state index in [2.05, 4.69) is 10.3 Å². The standard InChI is InChI=1S/C23H24N4O2S/c1-16(2)24-23-25-21(19-12-8-5-9-13-19)20-14-17(3)27(22(20)26-23)30(28,29)15-18-10-6-4-7-11-18/h4-14,16H,15H2,1-3H3,(H,24,25,26). The Labute approximate surface area is 176 Å². The van der Waals surface area contributed by atoms with Crippen LogP contribution in [0.3, 0.4) is 0 Å². The third kappa shape index (κ3) is 3.93. The second kappa shape index (κ2) is 7.91. The molecule has 4 aromatic rings. The summed E-state index contributed by atoms with van der Waals surface area (Å²) in [4.78, 5) is 9.29. The molecule has 0 aliphatic heterocycles. The lowest BCUT2D eigenvalue weighted by molar-refractivity contribution is 0.587. The SMILES string of the molecule is Cc1cc2c(-c3ccccc3)nc(NC(C)C)nc2n1S(=O)(=O)Cc1ccccc1. The van der Waals surface area contributed by atoms with E-state index in [1.165, 1.54) is 3.97 Å². The number of anilines is 1. The van der Waals surface area contributed by atoms with Gasteiger partial charge in [-0.15, -0.1) is 0 Å². The molecule has 7 heteroatoms. The zero-order valence-electron chi connectivity index (χ0n) is 17.2. The first kappa shape index (κ1) is 20.1. The van der Waals surface area contributed by atoms with Crippen LogP contribution in [-0.2, 0) is 15.8 Å². The van der Waals surface area contributed by atoms with Gasteiger partial charge in [0.25, 0.3) is 0 Å². The molecule has 154 valence electrons. The third-order valence-electron chi connectivity index (χ3n) is 4.73. The summed E-state index contributed by atoms with van der Waals surface area (Å²) in [7, 11) is -3.67. The van der Waals surface area contributed by atoms with Crippen LogP contribution in [0.5, 0.6) is 0 Å². The fourth-order valence-corrected chi connectivity index (χ4v) is 5.16. The van der Waals surface area contributed by atoms with Crippen LogP contribution in [0.15, 0.2) is 66.7 Å². The first-order valence-corrected chi connectivity index (χ1v) is 11.5. The molecule has 4 rings (SSSR count). The Balaban J connectivity index is 1.94. The topological polar surface area (TPSA) is 76.9 Å². The number of rotatable bonds is 6. The highest BCUT2D eigenvalue weighted by Crippen LogP contribution is 2.31. The second-order valence-corrected chi connectivity index (χ2v) is 9.41. The molecular weight excluding hydrogens is 396 g/mol. The Bertz CT molecular complexity index is 1280. The number of hydrogen-bond acceptors (Lipinski definition) is 5. The molecule has 0 fully saturated rings. The lowest BCUT2D eigenvalue weighted by Gasteiger charge is -2.13. The molecule has 1 N–H and O–H groups in total. The molecule has 0 aliphatic carbocycles. The average molecular weight is 421 g/mol. The van der Waals surface area contributed by atoms with Crippen LogP contribution in [0.2, 0.25) is 0 Å². The van der Waals surface area contributed by atoms with E-state index in [0.717, 1.165) is 11.1 Å². The minimum absolute atomic E-state index is 0.101. The second-order valence-electron chi connectivity index (χ2n) is 7.59. The van der Waals surface area contributed by atoms with Crippen molar-refractivity contribution in [1.82, 2.24) is 13.9 Å². The van der Waals surface area contributed by atoms with Crippen LogP contribution >= 0.6 is 0 Å². The van der Waals surface area contributed by atoms with E-state index in [9.17, 15) is 8.42 Å². The molecule has 0 saturated heterocycles. The molecule has 0 atom stereocenters. The van der Waals surface area contributed by atoms with Crippen LogP contribution in [0.25, 0.3) is 22.3 Å². The molecule has 30 heavy (non-hydrogen) atoms. The Morgan fingerprint density at radius 2 is 1.60 bits per heavy atom. The Morgan fingerprint density at radius 1 is 0.967 bits per heavy atom. The van der Waals surface area contributed by atoms with Crippen LogP contribution in [0.4, 0.5) is 5.95 Å². The van der Waals surface area contributed by atoms with Crippen LogP contribution in [0.1, 0.15) is 25.1 Å². The van der Waals surface area contributed by atoms with E-state index in [-0.39, 0.29) is 11.8 Å². The lowest BCUT2D eigenvalue weighted by atomic mass is 10.1. The largest absolute Gasteiger partial charge is 0.352 e. The van der Waals surface area contributed by atoms with Crippen molar-refractivity contribution in [3.05, 3.63) is 78.0 Å². The monoisotopic (exact) mass is 420 g/mol. The Morgan fingerprint density at radius 3 is 2.23 bits per heavy atom. The molecule has 2 heterocycles. The summed E-state index contributed by atoms with van der Waals surface area (Å²) in [6.45, 7) is 5.77. The highest BCUT2D eigenvalue weighted by molar-refractivity contribution is 7.89. The van der Waals surface area contributed by atoms with Gasteiger partial charge in [0, 0.05) is 22.7 Å². The maximum absolute atomic E-state index is 13.4. The van der Waals surface area contributed by atoms with E-state index in [1.807, 2.05) is 80.6 Å². The molecule has 2 aromatic carbocycles. The summed E-state index contributed by atoms with van der Waals surface area (Å²) in [5.41, 5.74) is 3.35. The summed E-state index contributed by atoms with van der Waals surface area (Å²) in [5, 5.41) is 3.93. The number of benzene rings is 2. The van der Waals surface area contributed by atoms with Gasteiger partial charge in [0.1, 0.15) is 0 Å². The van der Waals surface area contributed by atoms with Crippen molar-refractivity contribution in [3.63, 3.8) is 0 Å². The van der Waals surface area contributed by atoms with Crippen molar-refractivity contribution in [1.29, 1.82) is 0 Å². The summed E-state index contributed by atoms with van der Waals surface area (Å²) >= 11 is 0. The van der Waals surface area contributed by atoms with Gasteiger partial charge in [-0.1, -0.05) is 60.7 Å². The van der Waals surface area contributed by atoms with E-state index in [4.69, 9.17) is 4.98 Å². The first-order valence-electron chi connectivity index (χ1n) is 9.84. The molecule has 6 nitrogen and oxygen atoms in total. The normalized spacial score (nSPS) is 11.9. The van der Waals surface area contributed by atoms with Gasteiger partial charge in [0.05, 0.1) is 11.4 Å². The highest BCUT2D eigenvalue weighted by atomic mass is 32.2. The van der Waals surface area contributed by atoms with Gasteiger partial charge in [-0.05, 0) is 32.4 Å². The number of fused-ring (bicyclic) bond motifs is 1. The number of aromatic nitrogens is 3. The fraction of sp³-hybridized carbons (Fsp3) is 0.217. The quantitative estimate of drug-likeness (QED) is 0.493. The smallest absolute Gasteiger partial charge is 0.244 e. The van der Waals surface area contributed by atoms with Crippen molar-refractivity contribution < 1.29 is 8.42 Å². The molecule has 0 amide bonds. The summed E-state index contributed by atoms with van der Waals surface area (Å²) < 4.78 is 28.1. The first-order chi connectivity index (χ1) is 14.3. The van der Waals surface area contributed by atoms with Gasteiger partial charge in [0.15, 0.2) is 5.65 Å². The van der Waals surface area contributed by atoms with Crippen molar-refractivity contribution >= 4 is 27.0 Å². The minimum atomic E-state index is -3.67. The number of nitrogens with one attached hydrogen (secondary N) is 1. The molecule has 0 radical (unpaired) electrons. The predicted molar refractivity (Wildman–Crippen MR) is 121 cm³/mol. The summed E-state index contributed by atoms with van der Waals surface area (Å²) in [6.07, 6.45) is 0. The Kier molecular flexibility index (Phi) is 5.30. The van der Waals surface area contributed by atoms with E-state index >= 15 is 0 Å². The molecular formula is C23H24N4O2S. The van der Waals surface area contributed by atoms with Crippen molar-refractivity contribution in [3.8, 4) is 11.3 Å². The van der Waals surface area contributed by atoms with Gasteiger partial charge >= 0.3 is 0 Å². The molecule has 0 aliphatic rings. The van der Waals surface area contributed by atoms with E-state index < -0.39 is 10.0 Å². The lowest BCUT2D eigenvalue weighted by Crippen LogP contribution is -2.18. The van der Waals surface area contributed by atoms with Gasteiger partial charge in [-0.25, -0.2) is 17.4 Å². The predicted octanol–water partition coefficient (Wildman–Crippen LogP) is 4.61. The maximum Gasteiger partial charge on any atom is 0.244 e. The zero-order chi connectivity index (χ0) is 21.3. The van der Waals surface area contributed by atoms with Crippen LogP contribution in [0, 0.1) is 6.92 Å². The van der Waals surface area contributed by atoms with Crippen molar-refractivity contribution in [2.75, 3.05) is 5.32 Å². The van der Waals surface area contributed by atoms with Crippen molar-refractivity contribution in [2.24, 2.45) is 0 Å². The fourth-order valence-electron chi connectivity index (χ4n) is 3.52. The number of nitrogens with zero attached hydrogens (tertiary/aromatic N) is 3. The summed E-state index contributed by atoms with van der Waals surface area (Å²) in [5.74, 6) is 0.307. The average Bonchev–Trinajstić information content (AvgIpc) is 3.04. The third-order valence-corrected chi connectivity index (χ3v) is 6.44. The molecule has 0 spiro atoms. The molecule has 0 saturated carbocycles. The van der Waals surface area contributed by atoms with Crippen molar-refractivity contribution in [2.45, 2.75) is 32.6 Å².